The van der Waals surface area contributed by atoms with Crippen LogP contribution in [0.4, 0.5) is 22.5 Å². The standard InChI is InChI=1S/C14H21N7S/c1-9-10(2)22-14(18-9)19-12-11(15)13(17-8-16-12)21-6-4-20(3)5-7-21/h8H,4-7,15H2,1-3H3,(H,16,17,18,19). The number of nitrogen functional groups attached to an aromatic ring is 1. The molecule has 2 aromatic heterocycles. The summed E-state index contributed by atoms with van der Waals surface area (Å²) in [6.07, 6.45) is 1.56. The Morgan fingerprint density at radius 2 is 1.91 bits per heavy atom. The zero-order chi connectivity index (χ0) is 15.7. The van der Waals surface area contributed by atoms with Gasteiger partial charge >= 0.3 is 0 Å². The molecule has 118 valence electrons. The normalized spacial score (nSPS) is 16.0. The van der Waals surface area contributed by atoms with Gasteiger partial charge in [-0.05, 0) is 20.9 Å². The van der Waals surface area contributed by atoms with Crippen molar-refractivity contribution in [3.05, 3.63) is 16.9 Å². The minimum absolute atomic E-state index is 0.581. The van der Waals surface area contributed by atoms with E-state index >= 15 is 0 Å². The Kier molecular flexibility index (Phi) is 4.12. The predicted octanol–water partition coefficient (Wildman–Crippen LogP) is 1.63. The Bertz CT molecular complexity index is 642. The third-order valence-electron chi connectivity index (χ3n) is 3.92. The van der Waals surface area contributed by atoms with Gasteiger partial charge in [-0.15, -0.1) is 11.3 Å². The zero-order valence-corrected chi connectivity index (χ0v) is 13.9. The van der Waals surface area contributed by atoms with Crippen molar-refractivity contribution in [1.29, 1.82) is 0 Å². The molecule has 22 heavy (non-hydrogen) atoms. The zero-order valence-electron chi connectivity index (χ0n) is 13.1. The topological polar surface area (TPSA) is 83.2 Å². The summed E-state index contributed by atoms with van der Waals surface area (Å²) in [6, 6.07) is 0. The molecule has 1 saturated heterocycles. The number of anilines is 4. The van der Waals surface area contributed by atoms with Crippen LogP contribution in [0.1, 0.15) is 10.6 Å². The smallest absolute Gasteiger partial charge is 0.188 e. The van der Waals surface area contributed by atoms with E-state index in [9.17, 15) is 0 Å². The van der Waals surface area contributed by atoms with Gasteiger partial charge in [-0.25, -0.2) is 15.0 Å². The molecule has 7 nitrogen and oxygen atoms in total. The lowest BCUT2D eigenvalue weighted by Gasteiger charge is -2.33. The Labute approximate surface area is 134 Å². The number of aryl methyl sites for hydroxylation is 2. The van der Waals surface area contributed by atoms with E-state index in [1.54, 1.807) is 17.7 Å². The van der Waals surface area contributed by atoms with E-state index in [2.05, 4.69) is 44.0 Å². The van der Waals surface area contributed by atoms with Crippen LogP contribution in [-0.4, -0.2) is 53.1 Å². The maximum absolute atomic E-state index is 6.28. The molecule has 0 unspecified atom stereocenters. The Hall–Kier alpha value is -1.93. The number of aromatic nitrogens is 3. The molecular formula is C14H21N7S. The van der Waals surface area contributed by atoms with Gasteiger partial charge in [-0.3, -0.25) is 0 Å². The average molecular weight is 319 g/mol. The number of nitrogens with one attached hydrogen (secondary N) is 1. The lowest BCUT2D eigenvalue weighted by molar-refractivity contribution is 0.312. The van der Waals surface area contributed by atoms with E-state index in [4.69, 9.17) is 5.73 Å². The summed E-state index contributed by atoms with van der Waals surface area (Å²) >= 11 is 1.60. The van der Waals surface area contributed by atoms with Crippen LogP contribution < -0.4 is 16.0 Å². The number of hydrogen-bond donors (Lipinski definition) is 2. The number of hydrogen-bond acceptors (Lipinski definition) is 8. The van der Waals surface area contributed by atoms with E-state index in [0.29, 0.717) is 11.5 Å². The van der Waals surface area contributed by atoms with Crippen molar-refractivity contribution in [2.24, 2.45) is 0 Å². The quantitative estimate of drug-likeness (QED) is 0.889. The van der Waals surface area contributed by atoms with Crippen LogP contribution in [0.15, 0.2) is 6.33 Å². The lowest BCUT2D eigenvalue weighted by Crippen LogP contribution is -2.45. The minimum atomic E-state index is 0.581. The molecule has 1 aliphatic rings. The molecule has 2 aromatic rings. The fourth-order valence-electron chi connectivity index (χ4n) is 2.38. The summed E-state index contributed by atoms with van der Waals surface area (Å²) in [4.78, 5) is 18.8. The van der Waals surface area contributed by atoms with Crippen molar-refractivity contribution in [2.75, 3.05) is 49.2 Å². The third-order valence-corrected chi connectivity index (χ3v) is 4.91. The third kappa shape index (κ3) is 2.97. The van der Waals surface area contributed by atoms with E-state index in [1.807, 2.05) is 6.92 Å². The second-order valence-corrected chi connectivity index (χ2v) is 6.74. The van der Waals surface area contributed by atoms with Gasteiger partial charge in [0.25, 0.3) is 0 Å². The molecule has 0 spiro atoms. The van der Waals surface area contributed by atoms with E-state index in [-0.39, 0.29) is 0 Å². The molecule has 3 heterocycles. The highest BCUT2D eigenvalue weighted by Gasteiger charge is 2.20. The van der Waals surface area contributed by atoms with Crippen LogP contribution in [0.25, 0.3) is 0 Å². The molecule has 1 aliphatic heterocycles. The number of nitrogens with two attached hydrogens (primary N) is 1. The SMILES string of the molecule is Cc1nc(Nc2ncnc(N3CCN(C)CC3)c2N)sc1C. The molecule has 0 aromatic carbocycles. The van der Waals surface area contributed by atoms with Gasteiger partial charge < -0.3 is 20.9 Å². The maximum Gasteiger partial charge on any atom is 0.188 e. The highest BCUT2D eigenvalue weighted by Crippen LogP contribution is 2.31. The van der Waals surface area contributed by atoms with Crippen molar-refractivity contribution in [3.8, 4) is 0 Å². The first-order chi connectivity index (χ1) is 10.5. The van der Waals surface area contributed by atoms with Gasteiger partial charge in [0, 0.05) is 31.1 Å². The summed E-state index contributed by atoms with van der Waals surface area (Å²) in [5.74, 6) is 1.42. The van der Waals surface area contributed by atoms with Gasteiger partial charge in [0.05, 0.1) is 5.69 Å². The highest BCUT2D eigenvalue weighted by molar-refractivity contribution is 7.15. The second-order valence-electron chi connectivity index (χ2n) is 5.54. The number of likely N-dealkylation sites (N-methyl/N-ethyl adjacent to an activating group) is 1. The Morgan fingerprint density at radius 1 is 1.18 bits per heavy atom. The maximum atomic E-state index is 6.28. The van der Waals surface area contributed by atoms with Crippen molar-refractivity contribution in [1.82, 2.24) is 19.9 Å². The molecule has 0 radical (unpaired) electrons. The monoisotopic (exact) mass is 319 g/mol. The molecule has 0 amide bonds. The molecule has 0 aliphatic carbocycles. The van der Waals surface area contributed by atoms with Gasteiger partial charge in [0.2, 0.25) is 0 Å². The molecule has 1 fully saturated rings. The fraction of sp³-hybridized carbons (Fsp3) is 0.500. The van der Waals surface area contributed by atoms with Gasteiger partial charge in [-0.1, -0.05) is 0 Å². The fourth-order valence-corrected chi connectivity index (χ4v) is 3.20. The Morgan fingerprint density at radius 3 is 2.55 bits per heavy atom. The van der Waals surface area contributed by atoms with Gasteiger partial charge in [0.1, 0.15) is 12.0 Å². The number of thiazole rings is 1. The minimum Gasteiger partial charge on any atom is -0.393 e. The summed E-state index contributed by atoms with van der Waals surface area (Å²) in [5, 5.41) is 4.03. The summed E-state index contributed by atoms with van der Waals surface area (Å²) < 4.78 is 0. The van der Waals surface area contributed by atoms with Crippen LogP contribution in [0.3, 0.4) is 0 Å². The first-order valence-corrected chi connectivity index (χ1v) is 8.11. The molecule has 0 atom stereocenters. The van der Waals surface area contributed by atoms with Crippen LogP contribution in [0.2, 0.25) is 0 Å². The van der Waals surface area contributed by atoms with Crippen LogP contribution >= 0.6 is 11.3 Å². The van der Waals surface area contributed by atoms with Crippen molar-refractivity contribution >= 4 is 33.8 Å². The first kappa shape index (κ1) is 15.0. The number of piperazine rings is 1. The van der Waals surface area contributed by atoms with E-state index in [0.717, 1.165) is 42.8 Å². The number of nitrogens with zero attached hydrogens (tertiary/aromatic N) is 5. The number of rotatable bonds is 3. The molecular weight excluding hydrogens is 298 g/mol. The lowest BCUT2D eigenvalue weighted by atomic mass is 10.3. The average Bonchev–Trinajstić information content (AvgIpc) is 2.81. The van der Waals surface area contributed by atoms with Gasteiger partial charge in [0.15, 0.2) is 16.8 Å². The predicted molar refractivity (Wildman–Crippen MR) is 91.0 cm³/mol. The molecule has 3 rings (SSSR count). The molecule has 0 saturated carbocycles. The van der Waals surface area contributed by atoms with E-state index < -0.39 is 0 Å². The molecule has 3 N–H and O–H groups in total. The summed E-state index contributed by atoms with van der Waals surface area (Å²) in [5.41, 5.74) is 7.88. The summed E-state index contributed by atoms with van der Waals surface area (Å²) in [6.45, 7) is 7.92. The van der Waals surface area contributed by atoms with E-state index in [1.165, 1.54) is 4.88 Å². The molecule has 0 bridgehead atoms. The summed E-state index contributed by atoms with van der Waals surface area (Å²) in [7, 11) is 2.13. The van der Waals surface area contributed by atoms with Crippen LogP contribution in [0.5, 0.6) is 0 Å². The van der Waals surface area contributed by atoms with Crippen LogP contribution in [-0.2, 0) is 0 Å². The Balaban J connectivity index is 1.82. The molecule has 8 heteroatoms. The van der Waals surface area contributed by atoms with Gasteiger partial charge in [-0.2, -0.15) is 0 Å². The second kappa shape index (κ2) is 6.05. The highest BCUT2D eigenvalue weighted by atomic mass is 32.1. The van der Waals surface area contributed by atoms with Crippen molar-refractivity contribution < 1.29 is 0 Å². The largest absolute Gasteiger partial charge is 0.393 e. The van der Waals surface area contributed by atoms with Crippen molar-refractivity contribution in [3.63, 3.8) is 0 Å². The van der Waals surface area contributed by atoms with Crippen LogP contribution in [0, 0.1) is 13.8 Å². The first-order valence-electron chi connectivity index (χ1n) is 7.29. The van der Waals surface area contributed by atoms with Crippen molar-refractivity contribution in [2.45, 2.75) is 13.8 Å².